The third-order valence-corrected chi connectivity index (χ3v) is 6.14. The highest BCUT2D eigenvalue weighted by Crippen LogP contribution is 2.38. The molecule has 4 rings (SSSR count). The van der Waals surface area contributed by atoms with Gasteiger partial charge in [0, 0.05) is 23.5 Å². The van der Waals surface area contributed by atoms with Gasteiger partial charge in [0.2, 0.25) is 0 Å². The zero-order valence-electron chi connectivity index (χ0n) is 17.5. The monoisotopic (exact) mass is 419 g/mol. The largest absolute Gasteiger partial charge is 0.494 e. The molecule has 0 aromatic heterocycles. The molecule has 0 radical (unpaired) electrons. The van der Waals surface area contributed by atoms with Crippen molar-refractivity contribution in [2.45, 2.75) is 51.7 Å². The Morgan fingerprint density at radius 3 is 2.17 bits per heavy atom. The lowest BCUT2D eigenvalue weighted by Gasteiger charge is -2.32. The van der Waals surface area contributed by atoms with Crippen molar-refractivity contribution in [1.82, 2.24) is 0 Å². The van der Waals surface area contributed by atoms with Crippen LogP contribution in [0.4, 0.5) is 24.5 Å². The maximum Gasteiger partial charge on any atom is 0.494 e. The number of nitrogens with zero attached hydrogens (tertiary/aromatic N) is 1. The number of rotatable bonds is 2. The Balaban J connectivity index is 1.64. The topological polar surface area (TPSA) is 30.9 Å². The van der Waals surface area contributed by atoms with Crippen molar-refractivity contribution in [2.24, 2.45) is 0 Å². The fourth-order valence-electron chi connectivity index (χ4n) is 3.67. The van der Waals surface area contributed by atoms with Crippen molar-refractivity contribution in [3.05, 3.63) is 53.6 Å². The van der Waals surface area contributed by atoms with E-state index in [-0.39, 0.29) is 0 Å². The lowest BCUT2D eigenvalue weighted by Crippen LogP contribution is -2.41. The lowest BCUT2D eigenvalue weighted by atomic mass is 9.78. The molecule has 1 saturated heterocycles. The van der Waals surface area contributed by atoms with E-state index in [4.69, 9.17) is 14.0 Å². The number of ether oxygens (including phenoxy) is 1. The molecule has 0 amide bonds. The van der Waals surface area contributed by atoms with E-state index < -0.39 is 30.1 Å². The van der Waals surface area contributed by atoms with Gasteiger partial charge in [0.15, 0.2) is 0 Å². The van der Waals surface area contributed by atoms with Crippen LogP contribution in [0.15, 0.2) is 42.5 Å². The van der Waals surface area contributed by atoms with Gasteiger partial charge in [-0.2, -0.15) is 13.2 Å². The predicted octanol–water partition coefficient (Wildman–Crippen LogP) is 4.67. The van der Waals surface area contributed by atoms with Crippen LogP contribution < -0.4 is 10.4 Å². The molecule has 160 valence electrons. The second kappa shape index (κ2) is 7.29. The smallest absolute Gasteiger partial charge is 0.399 e. The van der Waals surface area contributed by atoms with Crippen molar-refractivity contribution >= 4 is 24.0 Å². The van der Waals surface area contributed by atoms with Crippen molar-refractivity contribution in [1.29, 1.82) is 0 Å². The first-order valence-electron chi connectivity index (χ1n) is 9.99. The molecule has 0 bridgehead atoms. The van der Waals surface area contributed by atoms with Crippen LogP contribution >= 0.6 is 0 Å². The maximum absolute atomic E-state index is 12.9. The molecular weight excluding hydrogens is 394 g/mol. The molecule has 0 atom stereocenters. The Morgan fingerprint density at radius 2 is 1.57 bits per heavy atom. The number of benzene rings is 2. The first-order valence-corrected chi connectivity index (χ1v) is 9.99. The minimum Gasteiger partial charge on any atom is -0.399 e. The highest BCUT2D eigenvalue weighted by molar-refractivity contribution is 6.62. The Morgan fingerprint density at radius 1 is 0.933 bits per heavy atom. The zero-order chi connectivity index (χ0) is 21.7. The van der Waals surface area contributed by atoms with Crippen molar-refractivity contribution in [2.75, 3.05) is 18.1 Å². The number of anilines is 2. The summed E-state index contributed by atoms with van der Waals surface area (Å²) in [5.74, 6) is 0. The summed E-state index contributed by atoms with van der Waals surface area (Å²) >= 11 is 0. The fraction of sp³-hybridized carbons (Fsp3) is 0.455. The van der Waals surface area contributed by atoms with E-state index in [1.807, 2.05) is 50.8 Å². The van der Waals surface area contributed by atoms with Crippen LogP contribution in [0.25, 0.3) is 0 Å². The van der Waals surface area contributed by atoms with E-state index in [9.17, 15) is 13.2 Å². The summed E-state index contributed by atoms with van der Waals surface area (Å²) in [4.78, 5) is 1.98. The third-order valence-electron chi connectivity index (χ3n) is 6.14. The summed E-state index contributed by atoms with van der Waals surface area (Å²) in [5.41, 5.74) is 1.91. The summed E-state index contributed by atoms with van der Waals surface area (Å²) in [5, 5.41) is 0. The molecule has 2 aromatic carbocycles. The van der Waals surface area contributed by atoms with Gasteiger partial charge in [-0.3, -0.25) is 0 Å². The molecule has 4 nitrogen and oxygen atoms in total. The van der Waals surface area contributed by atoms with Crippen LogP contribution in [0, 0.1) is 0 Å². The molecule has 30 heavy (non-hydrogen) atoms. The summed E-state index contributed by atoms with van der Waals surface area (Å²) in [6.45, 7) is 9.46. The van der Waals surface area contributed by atoms with Gasteiger partial charge in [0.25, 0.3) is 0 Å². The minimum atomic E-state index is -4.35. The molecule has 0 saturated carbocycles. The summed E-state index contributed by atoms with van der Waals surface area (Å²) < 4.78 is 56.8. The normalized spacial score (nSPS) is 20.8. The highest BCUT2D eigenvalue weighted by Gasteiger charge is 2.51. The quantitative estimate of drug-likeness (QED) is 0.662. The molecule has 0 N–H and O–H groups in total. The predicted molar refractivity (Wildman–Crippen MR) is 110 cm³/mol. The van der Waals surface area contributed by atoms with Crippen molar-refractivity contribution in [3.63, 3.8) is 0 Å². The van der Waals surface area contributed by atoms with Crippen LogP contribution in [0.1, 0.15) is 38.8 Å². The molecule has 0 aliphatic carbocycles. The molecule has 2 aliphatic rings. The minimum absolute atomic E-state index is 0.416. The number of halogens is 3. The first-order chi connectivity index (χ1) is 14.0. The molecule has 8 heteroatoms. The van der Waals surface area contributed by atoms with E-state index in [1.165, 1.54) is 12.1 Å². The van der Waals surface area contributed by atoms with Gasteiger partial charge in [-0.25, -0.2) is 0 Å². The number of fused-ring (bicyclic) bond motifs is 1. The average molecular weight is 419 g/mol. The molecule has 0 unspecified atom stereocenters. The fourth-order valence-corrected chi connectivity index (χ4v) is 3.67. The molecule has 2 aromatic rings. The Hall–Kier alpha value is -2.03. The molecule has 0 spiro atoms. The standard InChI is InChI=1S/C22H25BF3NO3/c1-20(2)21(3,4)30-23(29-20)17-7-10-19-15(13-17)14-28-12-11-27(19)18-8-5-16(6-9-18)22(24,25)26/h5-10,13H,11-12,14H2,1-4H3. The highest BCUT2D eigenvalue weighted by atomic mass is 19.4. The van der Waals surface area contributed by atoms with Crippen molar-refractivity contribution < 1.29 is 27.2 Å². The summed E-state index contributed by atoms with van der Waals surface area (Å²) in [6, 6.07) is 11.1. The average Bonchev–Trinajstić information content (AvgIpc) is 2.81. The number of alkyl halides is 3. The van der Waals surface area contributed by atoms with Gasteiger partial charge in [0.05, 0.1) is 30.0 Å². The van der Waals surface area contributed by atoms with E-state index in [0.29, 0.717) is 25.4 Å². The van der Waals surface area contributed by atoms with E-state index in [2.05, 4.69) is 0 Å². The summed E-state index contributed by atoms with van der Waals surface area (Å²) in [6.07, 6.45) is -4.35. The van der Waals surface area contributed by atoms with Crippen LogP contribution in [0.5, 0.6) is 0 Å². The molecular formula is C22H25BF3NO3. The molecule has 2 heterocycles. The third kappa shape index (κ3) is 3.84. The zero-order valence-corrected chi connectivity index (χ0v) is 17.5. The Bertz CT molecular complexity index is 912. The Kier molecular flexibility index (Phi) is 5.15. The lowest BCUT2D eigenvalue weighted by molar-refractivity contribution is -0.137. The van der Waals surface area contributed by atoms with Crippen LogP contribution in [-0.2, 0) is 26.8 Å². The maximum atomic E-state index is 12.9. The second-order valence-electron chi connectivity index (χ2n) is 8.73. The Labute approximate surface area is 175 Å². The van der Waals surface area contributed by atoms with E-state index >= 15 is 0 Å². The second-order valence-corrected chi connectivity index (χ2v) is 8.73. The van der Waals surface area contributed by atoms with Crippen molar-refractivity contribution in [3.8, 4) is 0 Å². The van der Waals surface area contributed by atoms with E-state index in [1.54, 1.807) is 0 Å². The van der Waals surface area contributed by atoms with Gasteiger partial charge < -0.3 is 18.9 Å². The van der Waals surface area contributed by atoms with Gasteiger partial charge in [-0.05, 0) is 63.5 Å². The first kappa shape index (κ1) is 21.2. The summed E-state index contributed by atoms with van der Waals surface area (Å²) in [7, 11) is -0.483. The van der Waals surface area contributed by atoms with Gasteiger partial charge in [0.1, 0.15) is 0 Å². The van der Waals surface area contributed by atoms with Gasteiger partial charge in [-0.15, -0.1) is 0 Å². The molecule has 1 fully saturated rings. The van der Waals surface area contributed by atoms with Crippen LogP contribution in [0.3, 0.4) is 0 Å². The van der Waals surface area contributed by atoms with Gasteiger partial charge >= 0.3 is 13.3 Å². The van der Waals surface area contributed by atoms with Crippen LogP contribution in [0.2, 0.25) is 0 Å². The van der Waals surface area contributed by atoms with E-state index in [0.717, 1.165) is 28.8 Å². The number of hydrogen-bond acceptors (Lipinski definition) is 4. The number of hydrogen-bond donors (Lipinski definition) is 0. The molecule has 2 aliphatic heterocycles. The SMILES string of the molecule is CC1(C)OB(c2ccc3c(c2)COCCN3c2ccc(C(F)(F)F)cc2)OC1(C)C. The van der Waals surface area contributed by atoms with Crippen LogP contribution in [-0.4, -0.2) is 31.5 Å². The van der Waals surface area contributed by atoms with Gasteiger partial charge in [-0.1, -0.05) is 12.1 Å².